The third-order valence-electron chi connectivity index (χ3n) is 1.23. The second-order valence-corrected chi connectivity index (χ2v) is 2.04. The van der Waals surface area contributed by atoms with Gasteiger partial charge in [0.25, 0.3) is 6.43 Å². The molecule has 1 N–H and O–H groups in total. The lowest BCUT2D eigenvalue weighted by atomic mass is 10.2. The molecule has 0 bridgehead atoms. The molecule has 62 valence electrons. The van der Waals surface area contributed by atoms with E-state index in [4.69, 9.17) is 10.4 Å². The summed E-state index contributed by atoms with van der Waals surface area (Å²) in [5, 5.41) is 17.2. The van der Waals surface area contributed by atoms with Gasteiger partial charge in [0, 0.05) is 12.3 Å². The molecule has 0 spiro atoms. The van der Waals surface area contributed by atoms with E-state index in [2.05, 4.69) is 4.98 Å². The number of nitrogens with zero attached hydrogens (tertiary/aromatic N) is 2. The summed E-state index contributed by atoms with van der Waals surface area (Å²) >= 11 is 0. The van der Waals surface area contributed by atoms with Crippen LogP contribution >= 0.6 is 0 Å². The second kappa shape index (κ2) is 3.13. The van der Waals surface area contributed by atoms with Crippen LogP contribution in [0.4, 0.5) is 8.78 Å². The van der Waals surface area contributed by atoms with Crippen molar-refractivity contribution in [1.29, 1.82) is 5.26 Å². The summed E-state index contributed by atoms with van der Waals surface area (Å²) < 4.78 is 23.9. The summed E-state index contributed by atoms with van der Waals surface area (Å²) in [5.41, 5.74) is -0.647. The third kappa shape index (κ3) is 1.48. The number of aromatic nitrogens is 1. The van der Waals surface area contributed by atoms with E-state index in [0.717, 1.165) is 12.3 Å². The van der Waals surface area contributed by atoms with E-state index in [-0.39, 0.29) is 5.56 Å². The molecule has 1 heterocycles. The number of rotatable bonds is 1. The van der Waals surface area contributed by atoms with Crippen LogP contribution in [0, 0.1) is 11.3 Å². The number of pyridine rings is 1. The van der Waals surface area contributed by atoms with Crippen LogP contribution in [0.2, 0.25) is 0 Å². The normalized spacial score (nSPS) is 9.83. The number of alkyl halides is 2. The van der Waals surface area contributed by atoms with Gasteiger partial charge in [-0.15, -0.1) is 0 Å². The summed E-state index contributed by atoms with van der Waals surface area (Å²) in [7, 11) is 0. The Labute approximate surface area is 66.9 Å². The van der Waals surface area contributed by atoms with Gasteiger partial charge >= 0.3 is 0 Å². The fourth-order valence-corrected chi connectivity index (χ4v) is 0.693. The predicted molar refractivity (Wildman–Crippen MR) is 35.6 cm³/mol. The van der Waals surface area contributed by atoms with Gasteiger partial charge in [0.15, 0.2) is 0 Å². The molecular weight excluding hydrogens is 166 g/mol. The number of hydrogen-bond acceptors (Lipinski definition) is 3. The van der Waals surface area contributed by atoms with Crippen molar-refractivity contribution >= 4 is 0 Å². The third-order valence-corrected chi connectivity index (χ3v) is 1.23. The van der Waals surface area contributed by atoms with Gasteiger partial charge in [-0.25, -0.2) is 13.8 Å². The minimum absolute atomic E-state index is 0.0527. The van der Waals surface area contributed by atoms with Gasteiger partial charge in [0.05, 0.1) is 5.56 Å². The molecule has 1 aromatic heterocycles. The van der Waals surface area contributed by atoms with E-state index in [1.54, 1.807) is 6.07 Å². The van der Waals surface area contributed by atoms with Crippen molar-refractivity contribution in [3.05, 3.63) is 23.5 Å². The highest BCUT2D eigenvalue weighted by Gasteiger charge is 2.14. The second-order valence-electron chi connectivity index (χ2n) is 2.04. The Morgan fingerprint density at radius 1 is 1.58 bits per heavy atom. The smallest absolute Gasteiger partial charge is 0.284 e. The predicted octanol–water partition coefficient (Wildman–Crippen LogP) is 1.60. The van der Waals surface area contributed by atoms with Gasteiger partial charge < -0.3 is 5.11 Å². The van der Waals surface area contributed by atoms with Crippen LogP contribution in [0.1, 0.15) is 17.7 Å². The van der Waals surface area contributed by atoms with Gasteiger partial charge in [-0.1, -0.05) is 0 Å². The van der Waals surface area contributed by atoms with Crippen molar-refractivity contribution < 1.29 is 13.9 Å². The molecule has 0 atom stereocenters. The lowest BCUT2D eigenvalue weighted by Crippen LogP contribution is -1.91. The molecular formula is C7H4F2N2O. The Kier molecular flexibility index (Phi) is 2.19. The summed E-state index contributed by atoms with van der Waals surface area (Å²) in [4.78, 5) is 3.23. The van der Waals surface area contributed by atoms with E-state index >= 15 is 0 Å². The average Bonchev–Trinajstić information content (AvgIpc) is 2.03. The van der Waals surface area contributed by atoms with E-state index in [1.807, 2.05) is 0 Å². The molecule has 0 saturated heterocycles. The van der Waals surface area contributed by atoms with Crippen molar-refractivity contribution in [2.45, 2.75) is 6.43 Å². The summed E-state index contributed by atoms with van der Waals surface area (Å²) in [5.74, 6) is -0.649. The Morgan fingerprint density at radius 2 is 2.25 bits per heavy atom. The zero-order valence-electron chi connectivity index (χ0n) is 5.83. The molecule has 1 rings (SSSR count). The first-order valence-corrected chi connectivity index (χ1v) is 3.02. The molecule has 0 aromatic carbocycles. The van der Waals surface area contributed by atoms with Crippen molar-refractivity contribution in [3.8, 4) is 11.8 Å². The largest absolute Gasteiger partial charge is 0.506 e. The fraction of sp³-hybridized carbons (Fsp3) is 0.143. The Balaban J connectivity index is 3.14. The number of halogens is 2. The average molecular weight is 170 g/mol. The maximum Gasteiger partial charge on any atom is 0.284 e. The lowest BCUT2D eigenvalue weighted by molar-refractivity contribution is 0.142. The highest BCUT2D eigenvalue weighted by molar-refractivity contribution is 5.36. The SMILES string of the molecule is N#Cc1cnc(C(F)F)c(O)c1. The molecule has 0 amide bonds. The van der Waals surface area contributed by atoms with Crippen LogP contribution in [-0.4, -0.2) is 10.1 Å². The van der Waals surface area contributed by atoms with Gasteiger partial charge in [-0.2, -0.15) is 5.26 Å². The highest BCUT2D eigenvalue weighted by Crippen LogP contribution is 2.25. The number of hydrogen-bond donors (Lipinski definition) is 1. The van der Waals surface area contributed by atoms with E-state index < -0.39 is 17.9 Å². The molecule has 0 aliphatic rings. The van der Waals surface area contributed by atoms with Gasteiger partial charge in [0.2, 0.25) is 0 Å². The molecule has 0 radical (unpaired) electrons. The van der Waals surface area contributed by atoms with Crippen molar-refractivity contribution in [1.82, 2.24) is 4.98 Å². The summed E-state index contributed by atoms with van der Waals surface area (Å²) in [6.07, 6.45) is -1.83. The number of nitriles is 1. The van der Waals surface area contributed by atoms with Crippen LogP contribution in [0.3, 0.4) is 0 Å². The molecule has 1 aromatic rings. The first kappa shape index (κ1) is 8.40. The maximum atomic E-state index is 12.0. The zero-order valence-corrected chi connectivity index (χ0v) is 5.83. The van der Waals surface area contributed by atoms with Crippen molar-refractivity contribution in [3.63, 3.8) is 0 Å². The molecule has 3 nitrogen and oxygen atoms in total. The van der Waals surface area contributed by atoms with Gasteiger partial charge in [0.1, 0.15) is 17.5 Å². The minimum atomic E-state index is -2.82. The first-order valence-electron chi connectivity index (χ1n) is 3.02. The van der Waals surface area contributed by atoms with Crippen LogP contribution in [0.25, 0.3) is 0 Å². The van der Waals surface area contributed by atoms with Crippen LogP contribution in [-0.2, 0) is 0 Å². The van der Waals surface area contributed by atoms with Gasteiger partial charge in [-0.05, 0) is 0 Å². The molecule has 0 saturated carbocycles. The van der Waals surface area contributed by atoms with E-state index in [0.29, 0.717) is 0 Å². The zero-order chi connectivity index (χ0) is 9.14. The molecule has 0 aliphatic heterocycles. The molecule has 12 heavy (non-hydrogen) atoms. The Bertz CT molecular complexity index is 333. The fourth-order valence-electron chi connectivity index (χ4n) is 0.693. The number of aromatic hydroxyl groups is 1. The van der Waals surface area contributed by atoms with Crippen LogP contribution in [0.15, 0.2) is 12.3 Å². The monoisotopic (exact) mass is 170 g/mol. The first-order chi connectivity index (χ1) is 5.65. The highest BCUT2D eigenvalue weighted by atomic mass is 19.3. The maximum absolute atomic E-state index is 12.0. The topological polar surface area (TPSA) is 56.9 Å². The van der Waals surface area contributed by atoms with E-state index in [9.17, 15) is 8.78 Å². The quantitative estimate of drug-likeness (QED) is 0.696. The minimum Gasteiger partial charge on any atom is -0.506 e. The molecule has 5 heteroatoms. The summed E-state index contributed by atoms with van der Waals surface area (Å²) in [6.45, 7) is 0. The Morgan fingerprint density at radius 3 is 2.67 bits per heavy atom. The summed E-state index contributed by atoms with van der Waals surface area (Å²) in [6, 6.07) is 2.62. The van der Waals surface area contributed by atoms with Gasteiger partial charge in [-0.3, -0.25) is 0 Å². The molecule has 0 unspecified atom stereocenters. The Hall–Kier alpha value is -1.70. The lowest BCUT2D eigenvalue weighted by Gasteiger charge is -2.00. The van der Waals surface area contributed by atoms with Crippen molar-refractivity contribution in [2.24, 2.45) is 0 Å². The van der Waals surface area contributed by atoms with E-state index in [1.165, 1.54) is 0 Å². The molecule has 0 fully saturated rings. The molecule has 0 aliphatic carbocycles. The van der Waals surface area contributed by atoms with Crippen molar-refractivity contribution in [2.75, 3.05) is 0 Å². The standard InChI is InChI=1S/C7H4F2N2O/c8-7(9)6-5(12)1-4(2-10)3-11-6/h1,3,7,12H. The van der Waals surface area contributed by atoms with Crippen LogP contribution < -0.4 is 0 Å². The van der Waals surface area contributed by atoms with Crippen LogP contribution in [0.5, 0.6) is 5.75 Å².